The Balaban J connectivity index is 1.70. The predicted molar refractivity (Wildman–Crippen MR) is 87.7 cm³/mol. The highest BCUT2D eigenvalue weighted by Gasteiger charge is 2.20. The zero-order chi connectivity index (χ0) is 14.4. The third kappa shape index (κ3) is 4.37. The van der Waals surface area contributed by atoms with Gasteiger partial charge < -0.3 is 15.1 Å². The van der Waals surface area contributed by atoms with Gasteiger partial charge in [-0.15, -0.1) is 0 Å². The number of likely N-dealkylation sites (tertiary alicyclic amines) is 1. The van der Waals surface area contributed by atoms with Crippen LogP contribution < -0.4 is 5.32 Å². The summed E-state index contributed by atoms with van der Waals surface area (Å²) in [5, 5.41) is 4.22. The van der Waals surface area contributed by atoms with Gasteiger partial charge in [0.2, 0.25) is 0 Å². The van der Waals surface area contributed by atoms with Crippen LogP contribution in [0.2, 0.25) is 5.02 Å². The average Bonchev–Trinajstić information content (AvgIpc) is 2.49. The van der Waals surface area contributed by atoms with Gasteiger partial charge in [0.05, 0.1) is 10.7 Å². The van der Waals surface area contributed by atoms with Gasteiger partial charge in [-0.25, -0.2) is 0 Å². The van der Waals surface area contributed by atoms with Crippen LogP contribution in [0.15, 0.2) is 24.3 Å². The molecule has 20 heavy (non-hydrogen) atoms. The van der Waals surface area contributed by atoms with Gasteiger partial charge >= 0.3 is 0 Å². The zero-order valence-electron chi connectivity index (χ0n) is 12.6. The molecule has 1 heterocycles. The summed E-state index contributed by atoms with van der Waals surface area (Å²) in [4.78, 5) is 5.02. The van der Waals surface area contributed by atoms with Crippen LogP contribution in [-0.4, -0.2) is 55.6 Å². The van der Waals surface area contributed by atoms with Crippen molar-refractivity contribution in [3.05, 3.63) is 29.3 Å². The van der Waals surface area contributed by atoms with E-state index < -0.39 is 0 Å². The van der Waals surface area contributed by atoms with E-state index in [1.807, 2.05) is 24.3 Å². The highest BCUT2D eigenvalue weighted by Crippen LogP contribution is 2.20. The van der Waals surface area contributed by atoms with Crippen molar-refractivity contribution >= 4 is 17.3 Å². The van der Waals surface area contributed by atoms with E-state index in [4.69, 9.17) is 11.6 Å². The molecule has 1 saturated heterocycles. The Hall–Kier alpha value is -0.770. The second-order valence-electron chi connectivity index (χ2n) is 5.55. The molecular weight excluding hydrogens is 270 g/mol. The minimum Gasteiger partial charge on any atom is -0.383 e. The molecule has 1 aromatic rings. The molecule has 1 aliphatic rings. The summed E-state index contributed by atoms with van der Waals surface area (Å²) in [6.07, 6.45) is 2.58. The summed E-state index contributed by atoms with van der Waals surface area (Å²) < 4.78 is 0. The van der Waals surface area contributed by atoms with Gasteiger partial charge in [0, 0.05) is 19.1 Å². The Morgan fingerprint density at radius 2 is 2.00 bits per heavy atom. The lowest BCUT2D eigenvalue weighted by Gasteiger charge is -2.36. The third-order valence-electron chi connectivity index (χ3n) is 4.28. The number of likely N-dealkylation sites (N-methyl/N-ethyl adjacent to an activating group) is 1. The number of anilines is 1. The van der Waals surface area contributed by atoms with Gasteiger partial charge in [-0.3, -0.25) is 0 Å². The molecular formula is C16H26ClN3. The summed E-state index contributed by atoms with van der Waals surface area (Å²) in [6, 6.07) is 8.65. The van der Waals surface area contributed by atoms with Gasteiger partial charge in [0.15, 0.2) is 0 Å². The first-order valence-corrected chi connectivity index (χ1v) is 7.99. The fourth-order valence-electron chi connectivity index (χ4n) is 2.83. The van der Waals surface area contributed by atoms with Crippen LogP contribution in [0.1, 0.15) is 19.8 Å². The number of nitrogens with zero attached hydrogens (tertiary/aromatic N) is 2. The van der Waals surface area contributed by atoms with Gasteiger partial charge in [-0.1, -0.05) is 30.7 Å². The second-order valence-corrected chi connectivity index (χ2v) is 5.96. The molecule has 3 nitrogen and oxygen atoms in total. The zero-order valence-corrected chi connectivity index (χ0v) is 13.4. The molecule has 4 heteroatoms. The van der Waals surface area contributed by atoms with Crippen molar-refractivity contribution in [2.75, 3.05) is 45.1 Å². The van der Waals surface area contributed by atoms with Crippen molar-refractivity contribution in [3.8, 4) is 0 Å². The maximum atomic E-state index is 6.14. The lowest BCUT2D eigenvalue weighted by molar-refractivity contribution is 0.135. The van der Waals surface area contributed by atoms with E-state index in [0.717, 1.165) is 29.8 Å². The molecule has 0 amide bonds. The quantitative estimate of drug-likeness (QED) is 0.870. The standard InChI is InChI=1S/C16H26ClN3/c1-3-20-11-8-14(9-12-20)19(2)13-10-18-16-7-5-4-6-15(16)17/h4-7,14,18H,3,8-13H2,1-2H3. The second kappa shape index (κ2) is 7.87. The molecule has 1 aromatic carbocycles. The van der Waals surface area contributed by atoms with E-state index in [1.54, 1.807) is 0 Å². The molecule has 0 bridgehead atoms. The normalized spacial score (nSPS) is 17.6. The number of para-hydroxylation sites is 1. The van der Waals surface area contributed by atoms with Gasteiger partial charge in [-0.2, -0.15) is 0 Å². The molecule has 0 aliphatic carbocycles. The fourth-order valence-corrected chi connectivity index (χ4v) is 3.03. The first-order chi connectivity index (χ1) is 9.70. The lowest BCUT2D eigenvalue weighted by atomic mass is 10.0. The first kappa shape index (κ1) is 15.6. The Labute approximate surface area is 127 Å². The first-order valence-electron chi connectivity index (χ1n) is 7.61. The van der Waals surface area contributed by atoms with Gasteiger partial charge in [-0.05, 0) is 51.7 Å². The number of nitrogens with one attached hydrogen (secondary N) is 1. The van der Waals surface area contributed by atoms with Crippen LogP contribution in [0.5, 0.6) is 0 Å². The van der Waals surface area contributed by atoms with Crippen LogP contribution in [0.3, 0.4) is 0 Å². The van der Waals surface area contributed by atoms with E-state index in [1.165, 1.54) is 32.5 Å². The number of halogens is 1. The van der Waals surface area contributed by atoms with Gasteiger partial charge in [0.25, 0.3) is 0 Å². The van der Waals surface area contributed by atoms with E-state index in [2.05, 4.69) is 29.1 Å². The van der Waals surface area contributed by atoms with Crippen molar-refractivity contribution in [3.63, 3.8) is 0 Å². The summed E-state index contributed by atoms with van der Waals surface area (Å²) in [7, 11) is 2.24. The van der Waals surface area contributed by atoms with Crippen molar-refractivity contribution in [2.45, 2.75) is 25.8 Å². The molecule has 1 N–H and O–H groups in total. The smallest absolute Gasteiger partial charge is 0.0637 e. The monoisotopic (exact) mass is 295 g/mol. The summed E-state index contributed by atoms with van der Waals surface area (Å²) in [6.45, 7) is 7.91. The molecule has 1 aliphatic heterocycles. The third-order valence-corrected chi connectivity index (χ3v) is 4.61. The SMILES string of the molecule is CCN1CCC(N(C)CCNc2ccccc2Cl)CC1. The number of piperidine rings is 1. The maximum absolute atomic E-state index is 6.14. The molecule has 0 atom stereocenters. The summed E-state index contributed by atoms with van der Waals surface area (Å²) >= 11 is 6.14. The molecule has 2 rings (SSSR count). The van der Waals surface area contributed by atoms with Crippen LogP contribution in [0, 0.1) is 0 Å². The Bertz CT molecular complexity index is 402. The van der Waals surface area contributed by atoms with Crippen LogP contribution in [0.25, 0.3) is 0 Å². The Morgan fingerprint density at radius 3 is 2.65 bits per heavy atom. The topological polar surface area (TPSA) is 18.5 Å². The molecule has 0 spiro atoms. The molecule has 0 saturated carbocycles. The molecule has 1 fully saturated rings. The highest BCUT2D eigenvalue weighted by molar-refractivity contribution is 6.33. The Kier molecular flexibility index (Phi) is 6.14. The van der Waals surface area contributed by atoms with Crippen molar-refractivity contribution in [1.82, 2.24) is 9.80 Å². The summed E-state index contributed by atoms with van der Waals surface area (Å²) in [5.74, 6) is 0. The van der Waals surface area contributed by atoms with Crippen molar-refractivity contribution in [2.24, 2.45) is 0 Å². The van der Waals surface area contributed by atoms with E-state index in [9.17, 15) is 0 Å². The fraction of sp³-hybridized carbons (Fsp3) is 0.625. The van der Waals surface area contributed by atoms with Crippen LogP contribution in [-0.2, 0) is 0 Å². The summed E-state index contributed by atoms with van der Waals surface area (Å²) in [5.41, 5.74) is 1.03. The Morgan fingerprint density at radius 1 is 1.30 bits per heavy atom. The van der Waals surface area contributed by atoms with Crippen molar-refractivity contribution in [1.29, 1.82) is 0 Å². The van der Waals surface area contributed by atoms with Crippen molar-refractivity contribution < 1.29 is 0 Å². The minimum atomic E-state index is 0.728. The number of rotatable bonds is 6. The molecule has 0 radical (unpaired) electrons. The number of hydrogen-bond donors (Lipinski definition) is 1. The number of hydrogen-bond acceptors (Lipinski definition) is 3. The maximum Gasteiger partial charge on any atom is 0.0637 e. The molecule has 0 aromatic heterocycles. The molecule has 112 valence electrons. The van der Waals surface area contributed by atoms with Crippen LogP contribution >= 0.6 is 11.6 Å². The molecule has 0 unspecified atom stereocenters. The van der Waals surface area contributed by atoms with E-state index in [-0.39, 0.29) is 0 Å². The van der Waals surface area contributed by atoms with E-state index >= 15 is 0 Å². The number of benzene rings is 1. The predicted octanol–water partition coefficient (Wildman–Crippen LogP) is 3.17. The van der Waals surface area contributed by atoms with Gasteiger partial charge in [0.1, 0.15) is 0 Å². The van der Waals surface area contributed by atoms with E-state index in [0.29, 0.717) is 0 Å². The lowest BCUT2D eigenvalue weighted by Crippen LogP contribution is -2.44. The highest BCUT2D eigenvalue weighted by atomic mass is 35.5. The van der Waals surface area contributed by atoms with Crippen LogP contribution in [0.4, 0.5) is 5.69 Å². The largest absolute Gasteiger partial charge is 0.383 e. The minimum absolute atomic E-state index is 0.728. The average molecular weight is 296 g/mol.